The molecular formula is C48H30N6. The standard InChI is InChI=1S/C48H30N6/c1-3-15-38-31(9-1)11-5-17-40(38)37-25-42(41-18-6-12-32-10-2-4-16-39(32)41)47-43(26-37)46(35-19-21-44(51-29-35)33-13-7-23-49-27-33)53-48(54-47)36-20-22-45(52-30-36)34-14-8-24-50-28-34/h1-30H. The van der Waals surface area contributed by atoms with E-state index in [9.17, 15) is 0 Å². The van der Waals surface area contributed by atoms with E-state index in [1.165, 1.54) is 16.2 Å². The third-order valence-corrected chi connectivity index (χ3v) is 9.95. The topological polar surface area (TPSA) is 77.3 Å². The van der Waals surface area contributed by atoms with Crippen molar-refractivity contribution in [2.24, 2.45) is 0 Å². The highest BCUT2D eigenvalue weighted by molar-refractivity contribution is 6.10. The summed E-state index contributed by atoms with van der Waals surface area (Å²) in [5.41, 5.74) is 11.3. The van der Waals surface area contributed by atoms with Crippen molar-refractivity contribution in [3.63, 3.8) is 0 Å². The Labute approximate surface area is 311 Å². The number of fused-ring (bicyclic) bond motifs is 3. The normalized spacial score (nSPS) is 11.3. The zero-order chi connectivity index (χ0) is 35.8. The van der Waals surface area contributed by atoms with E-state index in [2.05, 4.69) is 113 Å². The van der Waals surface area contributed by atoms with Gasteiger partial charge in [-0.25, -0.2) is 9.97 Å². The number of hydrogen-bond donors (Lipinski definition) is 0. The fourth-order valence-electron chi connectivity index (χ4n) is 7.31. The molecule has 0 saturated carbocycles. The van der Waals surface area contributed by atoms with Crippen LogP contribution in [0.3, 0.4) is 0 Å². The zero-order valence-electron chi connectivity index (χ0n) is 29.0. The molecule has 0 spiro atoms. The van der Waals surface area contributed by atoms with Crippen LogP contribution in [-0.2, 0) is 0 Å². The predicted octanol–water partition coefficient (Wildman–Crippen LogP) is 11.5. The van der Waals surface area contributed by atoms with Crippen molar-refractivity contribution < 1.29 is 0 Å². The van der Waals surface area contributed by atoms with E-state index in [4.69, 9.17) is 19.9 Å². The molecule has 10 rings (SSSR count). The first-order chi connectivity index (χ1) is 26.8. The van der Waals surface area contributed by atoms with E-state index in [0.29, 0.717) is 5.82 Å². The molecule has 0 fully saturated rings. The summed E-state index contributed by atoms with van der Waals surface area (Å²) in [5, 5.41) is 5.63. The Morgan fingerprint density at radius 2 is 0.944 bits per heavy atom. The molecule has 252 valence electrons. The van der Waals surface area contributed by atoms with Gasteiger partial charge >= 0.3 is 0 Å². The summed E-state index contributed by atoms with van der Waals surface area (Å²) < 4.78 is 0. The highest BCUT2D eigenvalue weighted by Crippen LogP contribution is 2.42. The lowest BCUT2D eigenvalue weighted by molar-refractivity contribution is 1.20. The number of rotatable bonds is 6. The van der Waals surface area contributed by atoms with Gasteiger partial charge in [0.1, 0.15) is 0 Å². The molecule has 0 aliphatic carbocycles. The molecule has 0 aliphatic rings. The van der Waals surface area contributed by atoms with Crippen LogP contribution in [0.4, 0.5) is 0 Å². The van der Waals surface area contributed by atoms with E-state index >= 15 is 0 Å². The van der Waals surface area contributed by atoms with Crippen LogP contribution in [-0.4, -0.2) is 29.9 Å². The molecule has 6 heteroatoms. The van der Waals surface area contributed by atoms with Crippen LogP contribution in [0.2, 0.25) is 0 Å². The fourth-order valence-corrected chi connectivity index (χ4v) is 7.31. The van der Waals surface area contributed by atoms with Crippen LogP contribution >= 0.6 is 0 Å². The van der Waals surface area contributed by atoms with Crippen LogP contribution in [0, 0.1) is 0 Å². The van der Waals surface area contributed by atoms with Crippen molar-refractivity contribution in [3.05, 3.63) is 183 Å². The third-order valence-electron chi connectivity index (χ3n) is 9.95. The molecule has 0 radical (unpaired) electrons. The van der Waals surface area contributed by atoms with Crippen LogP contribution in [0.15, 0.2) is 183 Å². The molecule has 6 nitrogen and oxygen atoms in total. The fraction of sp³-hybridized carbons (Fsp3) is 0. The minimum absolute atomic E-state index is 0.582. The van der Waals surface area contributed by atoms with Gasteiger partial charge in [0, 0.05) is 70.4 Å². The predicted molar refractivity (Wildman–Crippen MR) is 218 cm³/mol. The van der Waals surface area contributed by atoms with Gasteiger partial charge in [-0.3, -0.25) is 19.9 Å². The van der Waals surface area contributed by atoms with Crippen LogP contribution in [0.25, 0.3) is 99.9 Å². The highest BCUT2D eigenvalue weighted by atomic mass is 14.9. The number of pyridine rings is 4. The lowest BCUT2D eigenvalue weighted by Gasteiger charge is -2.17. The molecule has 0 unspecified atom stereocenters. The van der Waals surface area contributed by atoms with E-state index < -0.39 is 0 Å². The van der Waals surface area contributed by atoms with E-state index in [-0.39, 0.29) is 0 Å². The van der Waals surface area contributed by atoms with E-state index in [1.807, 2.05) is 67.3 Å². The number of benzene rings is 5. The van der Waals surface area contributed by atoms with Crippen LogP contribution in [0.1, 0.15) is 0 Å². The Hall–Kier alpha value is -7.44. The Balaban J connectivity index is 1.26. The summed E-state index contributed by atoms with van der Waals surface area (Å²) in [5.74, 6) is 0.582. The molecule has 5 aromatic heterocycles. The molecule has 54 heavy (non-hydrogen) atoms. The second-order valence-electron chi connectivity index (χ2n) is 13.2. The Kier molecular flexibility index (Phi) is 7.69. The third kappa shape index (κ3) is 5.63. The van der Waals surface area contributed by atoms with Gasteiger partial charge in [0.2, 0.25) is 0 Å². The minimum atomic E-state index is 0.582. The van der Waals surface area contributed by atoms with Gasteiger partial charge in [-0.1, -0.05) is 84.9 Å². The molecule has 0 bridgehead atoms. The molecular weight excluding hydrogens is 661 g/mol. The largest absolute Gasteiger partial charge is 0.264 e. The first-order valence-corrected chi connectivity index (χ1v) is 17.8. The lowest BCUT2D eigenvalue weighted by Crippen LogP contribution is -1.99. The molecule has 5 aromatic carbocycles. The van der Waals surface area contributed by atoms with Crippen molar-refractivity contribution in [1.82, 2.24) is 29.9 Å². The number of nitrogens with zero attached hydrogens (tertiary/aromatic N) is 6. The molecule has 0 aliphatic heterocycles. The quantitative estimate of drug-likeness (QED) is 0.173. The summed E-state index contributed by atoms with van der Waals surface area (Å²) >= 11 is 0. The molecule has 0 amide bonds. The first kappa shape index (κ1) is 31.3. The molecule has 0 saturated heterocycles. The Morgan fingerprint density at radius 3 is 1.56 bits per heavy atom. The SMILES string of the molecule is c1cncc(-c2ccc(-c3nc(-c4ccc(-c5cccnc5)nc4)c4cc(-c5cccc6ccccc56)cc(-c5cccc6ccccc56)c4n3)cn2)c1. The summed E-state index contributed by atoms with van der Waals surface area (Å²) in [6.45, 7) is 0. The average Bonchev–Trinajstić information content (AvgIpc) is 3.26. The smallest absolute Gasteiger partial charge is 0.162 e. The maximum Gasteiger partial charge on any atom is 0.162 e. The van der Waals surface area contributed by atoms with Crippen molar-refractivity contribution in [3.8, 4) is 67.4 Å². The van der Waals surface area contributed by atoms with Crippen molar-refractivity contribution in [2.45, 2.75) is 0 Å². The number of hydrogen-bond acceptors (Lipinski definition) is 6. The van der Waals surface area contributed by atoms with Crippen LogP contribution in [0.5, 0.6) is 0 Å². The monoisotopic (exact) mass is 690 g/mol. The summed E-state index contributed by atoms with van der Waals surface area (Å²) in [4.78, 5) is 29.0. The second kappa shape index (κ2) is 13.3. The van der Waals surface area contributed by atoms with Crippen molar-refractivity contribution in [1.29, 1.82) is 0 Å². The summed E-state index contributed by atoms with van der Waals surface area (Å²) in [7, 11) is 0. The van der Waals surface area contributed by atoms with Gasteiger partial charge in [0.05, 0.1) is 22.6 Å². The minimum Gasteiger partial charge on any atom is -0.264 e. The molecule has 0 N–H and O–H groups in total. The number of aromatic nitrogens is 6. The van der Waals surface area contributed by atoms with Gasteiger partial charge in [-0.05, 0) is 98.9 Å². The average molecular weight is 691 g/mol. The van der Waals surface area contributed by atoms with E-state index in [0.717, 1.165) is 77.9 Å². The first-order valence-electron chi connectivity index (χ1n) is 17.8. The highest BCUT2D eigenvalue weighted by Gasteiger charge is 2.20. The van der Waals surface area contributed by atoms with Gasteiger partial charge in [0.25, 0.3) is 0 Å². The van der Waals surface area contributed by atoms with Gasteiger partial charge in [-0.15, -0.1) is 0 Å². The summed E-state index contributed by atoms with van der Waals surface area (Å²) in [6.07, 6.45) is 10.9. The van der Waals surface area contributed by atoms with Crippen molar-refractivity contribution >= 4 is 32.4 Å². The maximum absolute atomic E-state index is 5.39. The Bertz CT molecular complexity index is 2950. The van der Waals surface area contributed by atoms with Crippen LogP contribution < -0.4 is 0 Å². The van der Waals surface area contributed by atoms with Gasteiger partial charge in [0.15, 0.2) is 5.82 Å². The Morgan fingerprint density at radius 1 is 0.352 bits per heavy atom. The second-order valence-corrected chi connectivity index (χ2v) is 13.2. The molecule has 10 aromatic rings. The molecule has 5 heterocycles. The summed E-state index contributed by atoms with van der Waals surface area (Å²) in [6, 6.07) is 50.6. The lowest BCUT2D eigenvalue weighted by atomic mass is 9.90. The van der Waals surface area contributed by atoms with Gasteiger partial charge in [-0.2, -0.15) is 0 Å². The molecule has 0 atom stereocenters. The maximum atomic E-state index is 5.39. The van der Waals surface area contributed by atoms with E-state index in [1.54, 1.807) is 12.4 Å². The van der Waals surface area contributed by atoms with Crippen molar-refractivity contribution in [2.75, 3.05) is 0 Å². The van der Waals surface area contributed by atoms with Gasteiger partial charge < -0.3 is 0 Å². The zero-order valence-corrected chi connectivity index (χ0v) is 29.0.